The first kappa shape index (κ1) is 16.1. The van der Waals surface area contributed by atoms with Crippen molar-refractivity contribution in [2.24, 2.45) is 5.92 Å². The maximum absolute atomic E-state index is 12.5. The van der Waals surface area contributed by atoms with E-state index in [2.05, 4.69) is 20.4 Å². The smallest absolute Gasteiger partial charge is 0.255 e. The van der Waals surface area contributed by atoms with Crippen molar-refractivity contribution in [2.45, 2.75) is 58.3 Å². The topological polar surface area (TPSA) is 92.7 Å². The number of aromatic nitrogens is 4. The Morgan fingerprint density at radius 1 is 1.24 bits per heavy atom. The van der Waals surface area contributed by atoms with Gasteiger partial charge in [0.05, 0.1) is 5.69 Å². The fourth-order valence-electron chi connectivity index (χ4n) is 3.38. The predicted octanol–water partition coefficient (Wildman–Crippen LogP) is 2.58. The van der Waals surface area contributed by atoms with Crippen molar-refractivity contribution in [1.82, 2.24) is 19.7 Å². The molecule has 7 nitrogen and oxygen atoms in total. The van der Waals surface area contributed by atoms with Crippen LogP contribution in [-0.4, -0.2) is 25.7 Å². The number of H-pyrrole nitrogens is 1. The highest BCUT2D eigenvalue weighted by molar-refractivity contribution is 5.92. The minimum atomic E-state index is -0.181. The lowest BCUT2D eigenvalue weighted by molar-refractivity contribution is -0.119. The lowest BCUT2D eigenvalue weighted by Gasteiger charge is -2.12. The SMILES string of the molecule is Cc1nc(-n2nc(C3CC3)cc2NC(=O)C2CCCC2)[nH]c(=O)c1C. The Balaban J connectivity index is 1.71. The number of carbonyl (C=O) groups excluding carboxylic acids is 1. The predicted molar refractivity (Wildman–Crippen MR) is 94.0 cm³/mol. The van der Waals surface area contributed by atoms with E-state index in [1.807, 2.05) is 6.07 Å². The van der Waals surface area contributed by atoms with Gasteiger partial charge in [-0.25, -0.2) is 4.98 Å². The first-order valence-corrected chi connectivity index (χ1v) is 9.01. The average Bonchev–Trinajstić information content (AvgIpc) is 3.12. The van der Waals surface area contributed by atoms with Gasteiger partial charge in [-0.1, -0.05) is 12.8 Å². The zero-order valence-corrected chi connectivity index (χ0v) is 14.6. The van der Waals surface area contributed by atoms with Crippen LogP contribution in [0.15, 0.2) is 10.9 Å². The van der Waals surface area contributed by atoms with Crippen LogP contribution in [0, 0.1) is 19.8 Å². The van der Waals surface area contributed by atoms with Gasteiger partial charge in [-0.2, -0.15) is 9.78 Å². The molecule has 0 bridgehead atoms. The van der Waals surface area contributed by atoms with E-state index in [-0.39, 0.29) is 17.4 Å². The van der Waals surface area contributed by atoms with E-state index in [1.165, 1.54) is 0 Å². The standard InChI is InChI=1S/C18H23N5O2/c1-10-11(2)19-18(21-16(10)24)23-15(9-14(22-23)12-7-8-12)20-17(25)13-5-3-4-6-13/h9,12-13H,3-8H2,1-2H3,(H,20,25)(H,19,21,24). The molecule has 2 fully saturated rings. The van der Waals surface area contributed by atoms with E-state index in [9.17, 15) is 9.59 Å². The molecule has 2 aliphatic carbocycles. The lowest BCUT2D eigenvalue weighted by Crippen LogP contribution is -2.24. The maximum Gasteiger partial charge on any atom is 0.255 e. The zero-order chi connectivity index (χ0) is 17.6. The third kappa shape index (κ3) is 3.10. The van der Waals surface area contributed by atoms with Gasteiger partial charge in [0, 0.05) is 29.2 Å². The van der Waals surface area contributed by atoms with Crippen molar-refractivity contribution in [2.75, 3.05) is 5.32 Å². The zero-order valence-electron chi connectivity index (χ0n) is 14.6. The fraction of sp³-hybridized carbons (Fsp3) is 0.556. The Kier molecular flexibility index (Phi) is 3.94. The summed E-state index contributed by atoms with van der Waals surface area (Å²) in [6.45, 7) is 3.54. The number of aryl methyl sites for hydroxylation is 1. The molecule has 2 saturated carbocycles. The molecule has 2 aromatic heterocycles. The molecule has 7 heteroatoms. The molecule has 0 atom stereocenters. The molecule has 1 amide bonds. The summed E-state index contributed by atoms with van der Waals surface area (Å²) in [5.41, 5.74) is 2.02. The summed E-state index contributed by atoms with van der Waals surface area (Å²) in [6, 6.07) is 1.92. The molecule has 2 aliphatic rings. The Hall–Kier alpha value is -2.44. The van der Waals surface area contributed by atoms with Crippen LogP contribution in [0.25, 0.3) is 5.95 Å². The molecule has 2 N–H and O–H groups in total. The minimum Gasteiger partial charge on any atom is -0.310 e. The van der Waals surface area contributed by atoms with Crippen LogP contribution in [0.3, 0.4) is 0 Å². The quantitative estimate of drug-likeness (QED) is 0.894. The first-order valence-electron chi connectivity index (χ1n) is 9.01. The molecule has 0 aliphatic heterocycles. The number of carbonyl (C=O) groups is 1. The van der Waals surface area contributed by atoms with Gasteiger partial charge in [0.15, 0.2) is 0 Å². The normalized spacial score (nSPS) is 17.8. The Morgan fingerprint density at radius 2 is 1.96 bits per heavy atom. The molecule has 132 valence electrons. The summed E-state index contributed by atoms with van der Waals surface area (Å²) in [6.07, 6.45) is 6.32. The van der Waals surface area contributed by atoms with Crippen molar-refractivity contribution in [3.05, 3.63) is 33.4 Å². The van der Waals surface area contributed by atoms with Crippen molar-refractivity contribution < 1.29 is 4.79 Å². The van der Waals surface area contributed by atoms with E-state index in [4.69, 9.17) is 0 Å². The maximum atomic E-state index is 12.5. The molecule has 0 radical (unpaired) electrons. The molecular formula is C18H23N5O2. The van der Waals surface area contributed by atoms with Crippen molar-refractivity contribution in [3.63, 3.8) is 0 Å². The minimum absolute atomic E-state index is 0.0344. The third-order valence-corrected chi connectivity index (χ3v) is 5.28. The summed E-state index contributed by atoms with van der Waals surface area (Å²) >= 11 is 0. The van der Waals surface area contributed by atoms with Crippen LogP contribution in [0.4, 0.5) is 5.82 Å². The Bertz CT molecular complexity index is 872. The molecular weight excluding hydrogens is 318 g/mol. The summed E-state index contributed by atoms with van der Waals surface area (Å²) in [5.74, 6) is 1.49. The van der Waals surface area contributed by atoms with Crippen LogP contribution in [0.2, 0.25) is 0 Å². The molecule has 0 saturated heterocycles. The molecule has 25 heavy (non-hydrogen) atoms. The first-order chi connectivity index (χ1) is 12.0. The highest BCUT2D eigenvalue weighted by Crippen LogP contribution is 2.40. The van der Waals surface area contributed by atoms with Gasteiger partial charge in [0.1, 0.15) is 5.82 Å². The largest absolute Gasteiger partial charge is 0.310 e. The van der Waals surface area contributed by atoms with Gasteiger partial charge in [-0.3, -0.25) is 14.6 Å². The van der Waals surface area contributed by atoms with E-state index in [0.717, 1.165) is 44.2 Å². The van der Waals surface area contributed by atoms with E-state index >= 15 is 0 Å². The highest BCUT2D eigenvalue weighted by Gasteiger charge is 2.29. The summed E-state index contributed by atoms with van der Waals surface area (Å²) in [7, 11) is 0. The number of anilines is 1. The number of hydrogen-bond donors (Lipinski definition) is 2. The van der Waals surface area contributed by atoms with Crippen molar-refractivity contribution in [1.29, 1.82) is 0 Å². The molecule has 4 rings (SSSR count). The highest BCUT2D eigenvalue weighted by atomic mass is 16.2. The van der Waals surface area contributed by atoms with E-state index < -0.39 is 0 Å². The second kappa shape index (κ2) is 6.13. The number of nitrogens with one attached hydrogen (secondary N) is 2. The van der Waals surface area contributed by atoms with E-state index in [1.54, 1.807) is 18.5 Å². The second-order valence-electron chi connectivity index (χ2n) is 7.21. The molecule has 2 heterocycles. The average molecular weight is 341 g/mol. The fourth-order valence-corrected chi connectivity index (χ4v) is 3.38. The van der Waals surface area contributed by atoms with Gasteiger partial charge in [-0.15, -0.1) is 0 Å². The molecule has 0 spiro atoms. The van der Waals surface area contributed by atoms with Crippen LogP contribution in [0.5, 0.6) is 0 Å². The van der Waals surface area contributed by atoms with E-state index in [0.29, 0.717) is 28.9 Å². The van der Waals surface area contributed by atoms with Crippen LogP contribution >= 0.6 is 0 Å². The number of hydrogen-bond acceptors (Lipinski definition) is 4. The van der Waals surface area contributed by atoms with Gasteiger partial charge < -0.3 is 5.32 Å². The Morgan fingerprint density at radius 3 is 2.60 bits per heavy atom. The molecule has 0 unspecified atom stereocenters. The van der Waals surface area contributed by atoms with Crippen LogP contribution in [0.1, 0.15) is 61.4 Å². The number of aromatic amines is 1. The van der Waals surface area contributed by atoms with Crippen molar-refractivity contribution >= 4 is 11.7 Å². The van der Waals surface area contributed by atoms with Gasteiger partial charge in [-0.05, 0) is 39.5 Å². The molecule has 0 aromatic carbocycles. The summed E-state index contributed by atoms with van der Waals surface area (Å²) in [4.78, 5) is 31.9. The third-order valence-electron chi connectivity index (χ3n) is 5.28. The lowest BCUT2D eigenvalue weighted by atomic mass is 10.1. The molecule has 2 aromatic rings. The summed E-state index contributed by atoms with van der Waals surface area (Å²) < 4.78 is 1.56. The van der Waals surface area contributed by atoms with Crippen molar-refractivity contribution in [3.8, 4) is 5.95 Å². The second-order valence-corrected chi connectivity index (χ2v) is 7.21. The number of amides is 1. The van der Waals surface area contributed by atoms with Gasteiger partial charge in [0.2, 0.25) is 11.9 Å². The van der Waals surface area contributed by atoms with Crippen LogP contribution < -0.4 is 10.9 Å². The monoisotopic (exact) mass is 341 g/mol. The van der Waals surface area contributed by atoms with Gasteiger partial charge in [0.25, 0.3) is 5.56 Å². The van der Waals surface area contributed by atoms with Crippen LogP contribution in [-0.2, 0) is 4.79 Å². The summed E-state index contributed by atoms with van der Waals surface area (Å²) in [5, 5.41) is 7.61. The Labute approximate surface area is 145 Å². The number of rotatable bonds is 4. The number of nitrogens with zero attached hydrogens (tertiary/aromatic N) is 3. The van der Waals surface area contributed by atoms with Gasteiger partial charge >= 0.3 is 0 Å².